The predicted molar refractivity (Wildman–Crippen MR) is 69.5 cm³/mol. The van der Waals surface area contributed by atoms with Crippen molar-refractivity contribution in [2.75, 3.05) is 19.7 Å². The van der Waals surface area contributed by atoms with Crippen LogP contribution >= 0.6 is 0 Å². The number of hydrogen-bond donors (Lipinski definition) is 1. The molecule has 1 saturated heterocycles. The minimum atomic E-state index is 0.494. The van der Waals surface area contributed by atoms with E-state index in [4.69, 9.17) is 10.00 Å². The summed E-state index contributed by atoms with van der Waals surface area (Å²) in [5.41, 5.74) is 2.40. The Kier molecular flexibility index (Phi) is 4.16. The number of hydrogen-bond acceptors (Lipinski definition) is 4. The quantitative estimate of drug-likeness (QED) is 0.884. The summed E-state index contributed by atoms with van der Waals surface area (Å²) in [6.45, 7) is 6.61. The molecule has 0 radical (unpaired) electrons. The Bertz CT molecular complexity index is 459. The van der Waals surface area contributed by atoms with Crippen molar-refractivity contribution in [3.05, 3.63) is 22.9 Å². The van der Waals surface area contributed by atoms with Crippen molar-refractivity contribution in [1.29, 1.82) is 5.26 Å². The number of nitrogens with zero attached hydrogens (tertiary/aromatic N) is 2. The number of rotatable bonds is 3. The van der Waals surface area contributed by atoms with Gasteiger partial charge in [0.15, 0.2) is 0 Å². The summed E-state index contributed by atoms with van der Waals surface area (Å²) in [4.78, 5) is 4.33. The monoisotopic (exact) mass is 245 g/mol. The lowest BCUT2D eigenvalue weighted by molar-refractivity contribution is 0.208. The van der Waals surface area contributed by atoms with Crippen LogP contribution in [-0.4, -0.2) is 24.7 Å². The standard InChI is InChI=1S/C14H19N3O/c1-10-7-11(2)17-14(13(10)8-15)18-9-12-3-5-16-6-4-12/h7,12,16H,3-6,9H2,1-2H3. The van der Waals surface area contributed by atoms with Gasteiger partial charge in [0.05, 0.1) is 6.61 Å². The summed E-state index contributed by atoms with van der Waals surface area (Å²) in [7, 11) is 0. The van der Waals surface area contributed by atoms with Crippen LogP contribution in [0, 0.1) is 31.1 Å². The van der Waals surface area contributed by atoms with Gasteiger partial charge in [0, 0.05) is 5.69 Å². The first-order valence-corrected chi connectivity index (χ1v) is 6.42. The molecule has 1 aromatic rings. The van der Waals surface area contributed by atoms with Crippen molar-refractivity contribution in [2.24, 2.45) is 5.92 Å². The minimum absolute atomic E-state index is 0.494. The Labute approximate surface area is 108 Å². The fourth-order valence-electron chi connectivity index (χ4n) is 2.29. The highest BCUT2D eigenvalue weighted by Gasteiger charge is 2.16. The molecule has 1 N–H and O–H groups in total. The molecule has 1 aliphatic heterocycles. The zero-order valence-corrected chi connectivity index (χ0v) is 11.0. The predicted octanol–water partition coefficient (Wildman–Crippen LogP) is 1.95. The number of aryl methyl sites for hydroxylation is 2. The summed E-state index contributed by atoms with van der Waals surface area (Å²) >= 11 is 0. The topological polar surface area (TPSA) is 57.9 Å². The fourth-order valence-corrected chi connectivity index (χ4v) is 2.29. The van der Waals surface area contributed by atoms with E-state index in [0.29, 0.717) is 24.0 Å². The van der Waals surface area contributed by atoms with Crippen LogP contribution in [0.4, 0.5) is 0 Å². The minimum Gasteiger partial charge on any atom is -0.476 e. The second kappa shape index (κ2) is 5.83. The van der Waals surface area contributed by atoms with Crippen LogP contribution in [0.1, 0.15) is 29.7 Å². The van der Waals surface area contributed by atoms with E-state index in [0.717, 1.165) is 37.2 Å². The van der Waals surface area contributed by atoms with Crippen LogP contribution < -0.4 is 10.1 Å². The van der Waals surface area contributed by atoms with Gasteiger partial charge in [0.25, 0.3) is 0 Å². The molecular formula is C14H19N3O. The van der Waals surface area contributed by atoms with E-state index >= 15 is 0 Å². The van der Waals surface area contributed by atoms with Gasteiger partial charge in [-0.1, -0.05) is 0 Å². The first-order chi connectivity index (χ1) is 8.70. The Balaban J connectivity index is 2.06. The van der Waals surface area contributed by atoms with E-state index < -0.39 is 0 Å². The second-order valence-corrected chi connectivity index (χ2v) is 4.88. The van der Waals surface area contributed by atoms with Gasteiger partial charge >= 0.3 is 0 Å². The Morgan fingerprint density at radius 3 is 2.83 bits per heavy atom. The molecule has 0 bridgehead atoms. The smallest absolute Gasteiger partial charge is 0.232 e. The van der Waals surface area contributed by atoms with Crippen molar-refractivity contribution >= 4 is 0 Å². The molecule has 0 atom stereocenters. The number of nitrogens with one attached hydrogen (secondary N) is 1. The van der Waals surface area contributed by atoms with Crippen molar-refractivity contribution in [1.82, 2.24) is 10.3 Å². The molecule has 2 rings (SSSR count). The van der Waals surface area contributed by atoms with Crippen LogP contribution in [0.15, 0.2) is 6.07 Å². The van der Waals surface area contributed by atoms with Crippen LogP contribution in [0.3, 0.4) is 0 Å². The number of nitriles is 1. The molecule has 0 spiro atoms. The molecule has 4 heteroatoms. The molecule has 1 fully saturated rings. The number of ether oxygens (including phenoxy) is 1. The van der Waals surface area contributed by atoms with Gasteiger partial charge in [-0.2, -0.15) is 5.26 Å². The van der Waals surface area contributed by atoms with Crippen LogP contribution in [0.2, 0.25) is 0 Å². The molecule has 1 aliphatic rings. The first-order valence-electron chi connectivity index (χ1n) is 6.42. The van der Waals surface area contributed by atoms with Crippen molar-refractivity contribution in [3.8, 4) is 11.9 Å². The second-order valence-electron chi connectivity index (χ2n) is 4.88. The van der Waals surface area contributed by atoms with E-state index in [-0.39, 0.29) is 0 Å². The average molecular weight is 245 g/mol. The van der Waals surface area contributed by atoms with Crippen LogP contribution in [-0.2, 0) is 0 Å². The van der Waals surface area contributed by atoms with Gasteiger partial charge in [0.2, 0.25) is 5.88 Å². The highest BCUT2D eigenvalue weighted by Crippen LogP contribution is 2.21. The number of aromatic nitrogens is 1. The third-order valence-electron chi connectivity index (χ3n) is 3.34. The molecule has 0 unspecified atom stereocenters. The molecular weight excluding hydrogens is 226 g/mol. The lowest BCUT2D eigenvalue weighted by Crippen LogP contribution is -2.30. The average Bonchev–Trinajstić information content (AvgIpc) is 2.37. The van der Waals surface area contributed by atoms with Gasteiger partial charge in [-0.25, -0.2) is 4.98 Å². The summed E-state index contributed by atoms with van der Waals surface area (Å²) in [5, 5.41) is 12.5. The van der Waals surface area contributed by atoms with Crippen molar-refractivity contribution in [3.63, 3.8) is 0 Å². The molecule has 0 aliphatic carbocycles. The van der Waals surface area contributed by atoms with Gasteiger partial charge in [-0.15, -0.1) is 0 Å². The molecule has 0 amide bonds. The third kappa shape index (κ3) is 2.99. The van der Waals surface area contributed by atoms with E-state index in [1.165, 1.54) is 0 Å². The lowest BCUT2D eigenvalue weighted by Gasteiger charge is -2.22. The van der Waals surface area contributed by atoms with Gasteiger partial charge in [-0.05, 0) is 57.3 Å². The molecule has 0 aromatic carbocycles. The number of pyridine rings is 1. The van der Waals surface area contributed by atoms with Crippen molar-refractivity contribution in [2.45, 2.75) is 26.7 Å². The van der Waals surface area contributed by atoms with Gasteiger partial charge in [0.1, 0.15) is 11.6 Å². The summed E-state index contributed by atoms with van der Waals surface area (Å²) in [5.74, 6) is 1.06. The SMILES string of the molecule is Cc1cc(C)c(C#N)c(OCC2CCNCC2)n1. The zero-order valence-electron chi connectivity index (χ0n) is 11.0. The molecule has 1 aromatic heterocycles. The summed E-state index contributed by atoms with van der Waals surface area (Å²) < 4.78 is 5.77. The van der Waals surface area contributed by atoms with E-state index in [1.807, 2.05) is 19.9 Å². The van der Waals surface area contributed by atoms with Crippen molar-refractivity contribution < 1.29 is 4.74 Å². The van der Waals surface area contributed by atoms with E-state index in [9.17, 15) is 0 Å². The largest absolute Gasteiger partial charge is 0.476 e. The maximum atomic E-state index is 9.15. The Morgan fingerprint density at radius 2 is 2.17 bits per heavy atom. The zero-order chi connectivity index (χ0) is 13.0. The van der Waals surface area contributed by atoms with Crippen LogP contribution in [0.25, 0.3) is 0 Å². The summed E-state index contributed by atoms with van der Waals surface area (Å²) in [6, 6.07) is 4.09. The normalized spacial score (nSPS) is 16.3. The Hall–Kier alpha value is -1.60. The maximum absolute atomic E-state index is 9.15. The maximum Gasteiger partial charge on any atom is 0.232 e. The molecule has 4 nitrogen and oxygen atoms in total. The van der Waals surface area contributed by atoms with E-state index in [1.54, 1.807) is 0 Å². The lowest BCUT2D eigenvalue weighted by atomic mass is 9.99. The molecule has 18 heavy (non-hydrogen) atoms. The highest BCUT2D eigenvalue weighted by molar-refractivity contribution is 5.45. The van der Waals surface area contributed by atoms with Gasteiger partial charge in [-0.3, -0.25) is 0 Å². The summed E-state index contributed by atoms with van der Waals surface area (Å²) in [6.07, 6.45) is 2.26. The van der Waals surface area contributed by atoms with Gasteiger partial charge < -0.3 is 10.1 Å². The molecule has 96 valence electrons. The molecule has 2 heterocycles. The molecule has 0 saturated carbocycles. The van der Waals surface area contributed by atoms with E-state index in [2.05, 4.69) is 16.4 Å². The Morgan fingerprint density at radius 1 is 1.44 bits per heavy atom. The third-order valence-corrected chi connectivity index (χ3v) is 3.34. The number of piperidine rings is 1. The first kappa shape index (κ1) is 12.8. The fraction of sp³-hybridized carbons (Fsp3) is 0.571. The highest BCUT2D eigenvalue weighted by atomic mass is 16.5. The van der Waals surface area contributed by atoms with Crippen LogP contribution in [0.5, 0.6) is 5.88 Å².